The number of nitrogens with zero attached hydrogens (tertiary/aromatic N) is 2. The van der Waals surface area contributed by atoms with Crippen molar-refractivity contribution in [1.82, 2.24) is 9.88 Å². The maximum Gasteiger partial charge on any atom is 0.350 e. The minimum Gasteiger partial charge on any atom is -0.465 e. The van der Waals surface area contributed by atoms with Crippen molar-refractivity contribution < 1.29 is 23.9 Å². The van der Waals surface area contributed by atoms with Gasteiger partial charge in [0.2, 0.25) is 0 Å². The molecule has 10 heteroatoms. The number of thiophene rings is 1. The largest absolute Gasteiger partial charge is 0.465 e. The van der Waals surface area contributed by atoms with Crippen LogP contribution in [0.1, 0.15) is 32.6 Å². The zero-order chi connectivity index (χ0) is 23.3. The van der Waals surface area contributed by atoms with Crippen LogP contribution in [0.25, 0.3) is 10.2 Å². The van der Waals surface area contributed by atoms with Crippen molar-refractivity contribution in [3.8, 4) is 0 Å². The molecule has 8 nitrogen and oxygen atoms in total. The van der Waals surface area contributed by atoms with Crippen molar-refractivity contribution in [3.05, 3.63) is 57.6 Å². The van der Waals surface area contributed by atoms with E-state index in [9.17, 15) is 14.4 Å². The Balaban J connectivity index is 1.90. The van der Waals surface area contributed by atoms with Gasteiger partial charge in [0, 0.05) is 11.9 Å². The van der Waals surface area contributed by atoms with Gasteiger partial charge in [-0.15, -0.1) is 11.3 Å². The maximum absolute atomic E-state index is 12.8. The number of halogens is 1. The summed E-state index contributed by atoms with van der Waals surface area (Å²) in [7, 11) is 3.06. The number of nitrogens with one attached hydrogen (secondary N) is 1. The molecule has 0 saturated carbocycles. The Labute approximate surface area is 194 Å². The Kier molecular flexibility index (Phi) is 7.79. The SMILES string of the molecule is CCOC(=O)CN(C)Cc1ccc2c(NC(=O)c3ccccc3Cl)c(C(=O)OC)sc2n1. The smallest absolute Gasteiger partial charge is 0.350 e. The predicted molar refractivity (Wildman–Crippen MR) is 123 cm³/mol. The van der Waals surface area contributed by atoms with Crippen molar-refractivity contribution in [2.45, 2.75) is 13.5 Å². The van der Waals surface area contributed by atoms with Gasteiger partial charge in [0.15, 0.2) is 0 Å². The first kappa shape index (κ1) is 23.6. The number of carbonyl (C=O) groups excluding carboxylic acids is 3. The summed E-state index contributed by atoms with van der Waals surface area (Å²) in [5.74, 6) is -1.34. The first-order chi connectivity index (χ1) is 15.3. The maximum atomic E-state index is 12.8. The highest BCUT2D eigenvalue weighted by Crippen LogP contribution is 2.36. The molecule has 32 heavy (non-hydrogen) atoms. The molecule has 0 aliphatic heterocycles. The minimum atomic E-state index is -0.580. The fraction of sp³-hybridized carbons (Fsp3) is 0.273. The van der Waals surface area contributed by atoms with Crippen LogP contribution in [0.4, 0.5) is 5.69 Å². The molecule has 3 aromatic rings. The molecular weight excluding hydrogens is 454 g/mol. The van der Waals surface area contributed by atoms with Gasteiger partial charge < -0.3 is 14.8 Å². The number of benzene rings is 1. The average Bonchev–Trinajstić information content (AvgIpc) is 3.11. The van der Waals surface area contributed by atoms with E-state index in [1.165, 1.54) is 7.11 Å². The molecule has 0 fully saturated rings. The number of pyridine rings is 1. The molecule has 0 aliphatic rings. The van der Waals surface area contributed by atoms with Crippen LogP contribution in [0, 0.1) is 0 Å². The quantitative estimate of drug-likeness (QED) is 0.492. The number of amides is 1. The van der Waals surface area contributed by atoms with E-state index in [4.69, 9.17) is 21.1 Å². The summed E-state index contributed by atoms with van der Waals surface area (Å²) < 4.78 is 9.85. The normalized spacial score (nSPS) is 10.9. The van der Waals surface area contributed by atoms with Gasteiger partial charge in [-0.25, -0.2) is 9.78 Å². The second kappa shape index (κ2) is 10.5. The number of methoxy groups -OCH3 is 1. The van der Waals surface area contributed by atoms with Gasteiger partial charge in [0.25, 0.3) is 5.91 Å². The van der Waals surface area contributed by atoms with Crippen LogP contribution in [-0.2, 0) is 20.8 Å². The summed E-state index contributed by atoms with van der Waals surface area (Å²) in [5, 5.41) is 3.69. The number of aromatic nitrogens is 1. The van der Waals surface area contributed by atoms with E-state index >= 15 is 0 Å². The number of rotatable bonds is 8. The predicted octanol–water partition coefficient (Wildman–Crippen LogP) is 3.98. The Morgan fingerprint density at radius 2 is 1.94 bits per heavy atom. The lowest BCUT2D eigenvalue weighted by Crippen LogP contribution is -2.27. The Bertz CT molecular complexity index is 1160. The summed E-state index contributed by atoms with van der Waals surface area (Å²) in [5.41, 5.74) is 1.31. The third-order valence-corrected chi connectivity index (χ3v) is 5.89. The van der Waals surface area contributed by atoms with Gasteiger partial charge in [0.1, 0.15) is 9.71 Å². The van der Waals surface area contributed by atoms with Gasteiger partial charge in [-0.2, -0.15) is 0 Å². The monoisotopic (exact) mass is 475 g/mol. The van der Waals surface area contributed by atoms with Gasteiger partial charge >= 0.3 is 11.9 Å². The topological polar surface area (TPSA) is 97.8 Å². The van der Waals surface area contributed by atoms with Crippen molar-refractivity contribution in [3.63, 3.8) is 0 Å². The second-order valence-electron chi connectivity index (χ2n) is 6.86. The number of esters is 2. The second-order valence-corrected chi connectivity index (χ2v) is 8.27. The minimum absolute atomic E-state index is 0.130. The van der Waals surface area contributed by atoms with Crippen LogP contribution in [0.2, 0.25) is 5.02 Å². The molecule has 0 saturated heterocycles. The molecular formula is C22H22ClN3O5S. The highest BCUT2D eigenvalue weighted by atomic mass is 35.5. The van der Waals surface area contributed by atoms with Crippen LogP contribution >= 0.6 is 22.9 Å². The molecule has 168 valence electrons. The number of carbonyl (C=O) groups is 3. The lowest BCUT2D eigenvalue weighted by molar-refractivity contribution is -0.144. The summed E-state index contributed by atoms with van der Waals surface area (Å²) in [4.78, 5) is 44.0. The molecule has 2 aromatic heterocycles. The van der Waals surface area contributed by atoms with Crippen molar-refractivity contribution >= 4 is 56.7 Å². The Hall–Kier alpha value is -3.01. The lowest BCUT2D eigenvalue weighted by Gasteiger charge is -2.15. The Morgan fingerprint density at radius 3 is 2.62 bits per heavy atom. The molecule has 0 bridgehead atoms. The number of fused-ring (bicyclic) bond motifs is 1. The first-order valence-electron chi connectivity index (χ1n) is 9.74. The van der Waals surface area contributed by atoms with Crippen LogP contribution in [0.5, 0.6) is 0 Å². The van der Waals surface area contributed by atoms with Gasteiger partial charge in [0.05, 0.1) is 42.2 Å². The molecule has 0 unspecified atom stereocenters. The van der Waals surface area contributed by atoms with E-state index in [0.717, 1.165) is 11.3 Å². The molecule has 0 radical (unpaired) electrons. The van der Waals surface area contributed by atoms with Gasteiger partial charge in [-0.3, -0.25) is 14.5 Å². The molecule has 0 spiro atoms. The van der Waals surface area contributed by atoms with E-state index in [2.05, 4.69) is 10.3 Å². The van der Waals surface area contributed by atoms with E-state index in [1.54, 1.807) is 55.3 Å². The van der Waals surface area contributed by atoms with E-state index in [0.29, 0.717) is 39.8 Å². The molecule has 1 amide bonds. The number of anilines is 1. The molecule has 1 aromatic carbocycles. The number of hydrogen-bond donors (Lipinski definition) is 1. The van der Waals surface area contributed by atoms with E-state index in [-0.39, 0.29) is 23.0 Å². The van der Waals surface area contributed by atoms with Crippen molar-refractivity contribution in [2.24, 2.45) is 0 Å². The molecule has 1 N–H and O–H groups in total. The fourth-order valence-corrected chi connectivity index (χ4v) is 4.34. The fourth-order valence-electron chi connectivity index (χ4n) is 3.05. The van der Waals surface area contributed by atoms with Crippen LogP contribution in [0.3, 0.4) is 0 Å². The Morgan fingerprint density at radius 1 is 1.19 bits per heavy atom. The summed E-state index contributed by atoms with van der Waals surface area (Å²) in [6, 6.07) is 10.2. The molecule has 3 rings (SSSR count). The van der Waals surface area contributed by atoms with Crippen LogP contribution in [-0.4, -0.2) is 55.0 Å². The van der Waals surface area contributed by atoms with Crippen LogP contribution < -0.4 is 5.32 Å². The van der Waals surface area contributed by atoms with Crippen molar-refractivity contribution in [2.75, 3.05) is 32.6 Å². The highest BCUT2D eigenvalue weighted by Gasteiger charge is 2.23. The summed E-state index contributed by atoms with van der Waals surface area (Å²) in [6.45, 7) is 2.61. The third kappa shape index (κ3) is 5.42. The lowest BCUT2D eigenvalue weighted by atomic mass is 10.2. The molecule has 0 atom stereocenters. The summed E-state index contributed by atoms with van der Waals surface area (Å²) in [6.07, 6.45) is 0. The summed E-state index contributed by atoms with van der Waals surface area (Å²) >= 11 is 7.25. The standard InChI is InChI=1S/C22H22ClN3O5S/c1-4-31-17(27)12-26(2)11-13-9-10-15-18(19(22(29)30-3)32-21(15)24-13)25-20(28)14-7-5-6-8-16(14)23/h5-10H,4,11-12H2,1-3H3,(H,25,28). The van der Waals surface area contributed by atoms with Crippen LogP contribution in [0.15, 0.2) is 36.4 Å². The van der Waals surface area contributed by atoms with Crippen molar-refractivity contribution in [1.29, 1.82) is 0 Å². The van der Waals surface area contributed by atoms with E-state index in [1.807, 2.05) is 0 Å². The highest BCUT2D eigenvalue weighted by molar-refractivity contribution is 7.21. The average molecular weight is 476 g/mol. The van der Waals surface area contributed by atoms with Gasteiger partial charge in [-0.05, 0) is 38.2 Å². The number of ether oxygens (including phenoxy) is 2. The zero-order valence-electron chi connectivity index (χ0n) is 17.8. The van der Waals surface area contributed by atoms with Gasteiger partial charge in [-0.1, -0.05) is 23.7 Å². The zero-order valence-corrected chi connectivity index (χ0v) is 19.4. The van der Waals surface area contributed by atoms with E-state index < -0.39 is 11.9 Å². The number of hydrogen-bond acceptors (Lipinski definition) is 8. The molecule has 2 heterocycles. The first-order valence-corrected chi connectivity index (χ1v) is 10.9. The molecule has 0 aliphatic carbocycles. The number of likely N-dealkylation sites (N-methyl/N-ethyl adjacent to an activating group) is 1. The third-order valence-electron chi connectivity index (χ3n) is 4.48.